The number of rotatable bonds is 4. The Hall–Kier alpha value is -3.23. The molecule has 0 spiro atoms. The van der Waals surface area contributed by atoms with E-state index in [-0.39, 0.29) is 17.5 Å². The van der Waals surface area contributed by atoms with Crippen molar-refractivity contribution in [2.45, 2.75) is 39.2 Å². The highest BCUT2D eigenvalue weighted by atomic mass is 16.2. The van der Waals surface area contributed by atoms with E-state index in [0.717, 1.165) is 30.3 Å². The number of hydrogen-bond donors (Lipinski definition) is 2. The number of H-pyrrole nitrogens is 1. The van der Waals surface area contributed by atoms with Gasteiger partial charge in [-0.05, 0) is 25.3 Å². The third-order valence-corrected chi connectivity index (χ3v) is 5.16. The number of nitrogens with one attached hydrogen (secondary N) is 2. The fourth-order valence-electron chi connectivity index (χ4n) is 3.75. The highest BCUT2D eigenvalue weighted by Gasteiger charge is 2.26. The smallest absolute Gasteiger partial charge is 0.252 e. The standard InChI is InChI=1S/C19H23N7O2/c1-3-16(27)25-8-4-5-13(11-25)26-17(28)9-12(2)14-10-20-19(23-18(14)26)22-15-6-7-21-24-15/h6-7,9-10,13H,3-5,8,11H2,1-2H3,(H2,20,21,22,23,24)/t13-/m1/s1. The van der Waals surface area contributed by atoms with Crippen LogP contribution in [0.15, 0.2) is 29.3 Å². The van der Waals surface area contributed by atoms with Crippen LogP contribution in [0.3, 0.4) is 0 Å². The molecule has 28 heavy (non-hydrogen) atoms. The second-order valence-electron chi connectivity index (χ2n) is 7.05. The zero-order chi connectivity index (χ0) is 19.7. The molecule has 1 fully saturated rings. The number of hydrogen-bond acceptors (Lipinski definition) is 6. The third-order valence-electron chi connectivity index (χ3n) is 5.16. The van der Waals surface area contributed by atoms with Gasteiger partial charge in [0, 0.05) is 43.2 Å². The molecule has 4 heterocycles. The molecule has 3 aromatic rings. The summed E-state index contributed by atoms with van der Waals surface area (Å²) in [6.07, 6.45) is 5.52. The number of aromatic nitrogens is 5. The van der Waals surface area contributed by atoms with Crippen LogP contribution >= 0.6 is 0 Å². The van der Waals surface area contributed by atoms with Crippen LogP contribution in [-0.4, -0.2) is 48.6 Å². The Balaban J connectivity index is 1.78. The minimum Gasteiger partial charge on any atom is -0.341 e. The Labute approximate surface area is 161 Å². The number of carbonyl (C=O) groups is 1. The molecule has 0 radical (unpaired) electrons. The van der Waals surface area contributed by atoms with Gasteiger partial charge in [-0.25, -0.2) is 4.98 Å². The summed E-state index contributed by atoms with van der Waals surface area (Å²) in [6, 6.07) is 3.29. The van der Waals surface area contributed by atoms with E-state index in [1.165, 1.54) is 0 Å². The summed E-state index contributed by atoms with van der Waals surface area (Å²) in [4.78, 5) is 35.9. The number of amides is 1. The van der Waals surface area contributed by atoms with Crippen LogP contribution in [0.25, 0.3) is 11.0 Å². The van der Waals surface area contributed by atoms with Gasteiger partial charge in [0.15, 0.2) is 0 Å². The van der Waals surface area contributed by atoms with Crippen LogP contribution < -0.4 is 10.9 Å². The van der Waals surface area contributed by atoms with Crippen molar-refractivity contribution in [1.82, 2.24) is 29.6 Å². The number of fused-ring (bicyclic) bond motifs is 1. The first-order valence-electron chi connectivity index (χ1n) is 9.50. The van der Waals surface area contributed by atoms with Crippen LogP contribution in [0.5, 0.6) is 0 Å². The van der Waals surface area contributed by atoms with E-state index in [9.17, 15) is 9.59 Å². The van der Waals surface area contributed by atoms with Gasteiger partial charge >= 0.3 is 0 Å². The number of anilines is 2. The lowest BCUT2D eigenvalue weighted by Gasteiger charge is -2.34. The largest absolute Gasteiger partial charge is 0.341 e. The van der Waals surface area contributed by atoms with Gasteiger partial charge in [0.2, 0.25) is 11.9 Å². The summed E-state index contributed by atoms with van der Waals surface area (Å²) in [7, 11) is 0. The van der Waals surface area contributed by atoms with Gasteiger partial charge in [0.25, 0.3) is 5.56 Å². The Morgan fingerprint density at radius 3 is 3.04 bits per heavy atom. The van der Waals surface area contributed by atoms with Crippen molar-refractivity contribution in [3.05, 3.63) is 40.4 Å². The van der Waals surface area contributed by atoms with Gasteiger partial charge < -0.3 is 10.2 Å². The minimum absolute atomic E-state index is 0.102. The van der Waals surface area contributed by atoms with Crippen LogP contribution in [0.1, 0.15) is 37.8 Å². The summed E-state index contributed by atoms with van der Waals surface area (Å²) in [6.45, 7) is 5.01. The topological polar surface area (TPSA) is 109 Å². The Morgan fingerprint density at radius 1 is 1.43 bits per heavy atom. The van der Waals surface area contributed by atoms with E-state index in [4.69, 9.17) is 0 Å². The molecule has 0 aliphatic carbocycles. The molecule has 3 aromatic heterocycles. The lowest BCUT2D eigenvalue weighted by molar-refractivity contribution is -0.132. The molecule has 1 aliphatic rings. The maximum absolute atomic E-state index is 12.9. The molecule has 0 bridgehead atoms. The number of carbonyl (C=O) groups excluding carboxylic acids is 1. The normalized spacial score (nSPS) is 17.1. The molecule has 9 nitrogen and oxygen atoms in total. The van der Waals surface area contributed by atoms with Gasteiger partial charge in [-0.15, -0.1) is 0 Å². The second-order valence-corrected chi connectivity index (χ2v) is 7.05. The van der Waals surface area contributed by atoms with Gasteiger partial charge in [-0.2, -0.15) is 10.1 Å². The van der Waals surface area contributed by atoms with Crippen molar-refractivity contribution >= 4 is 28.7 Å². The summed E-state index contributed by atoms with van der Waals surface area (Å²) < 4.78 is 1.72. The number of likely N-dealkylation sites (tertiary alicyclic amines) is 1. The van der Waals surface area contributed by atoms with E-state index >= 15 is 0 Å². The third kappa shape index (κ3) is 3.35. The van der Waals surface area contributed by atoms with E-state index < -0.39 is 0 Å². The number of aryl methyl sites for hydroxylation is 1. The number of pyridine rings is 1. The van der Waals surface area contributed by atoms with E-state index in [0.29, 0.717) is 30.4 Å². The van der Waals surface area contributed by atoms with Crippen molar-refractivity contribution in [2.24, 2.45) is 0 Å². The second kappa shape index (κ2) is 7.41. The molecule has 146 valence electrons. The molecule has 9 heteroatoms. The molecule has 1 saturated heterocycles. The summed E-state index contributed by atoms with van der Waals surface area (Å²) in [5.41, 5.74) is 1.31. The number of aromatic amines is 1. The lowest BCUT2D eigenvalue weighted by atomic mass is 10.0. The first kappa shape index (κ1) is 18.1. The summed E-state index contributed by atoms with van der Waals surface area (Å²) >= 11 is 0. The minimum atomic E-state index is -0.105. The predicted molar refractivity (Wildman–Crippen MR) is 106 cm³/mol. The maximum atomic E-state index is 12.9. The Bertz CT molecular complexity index is 1060. The van der Waals surface area contributed by atoms with Gasteiger partial charge in [0.1, 0.15) is 11.5 Å². The molecule has 2 N–H and O–H groups in total. The van der Waals surface area contributed by atoms with Crippen molar-refractivity contribution in [3.8, 4) is 0 Å². The average Bonchev–Trinajstić information content (AvgIpc) is 3.20. The molecule has 1 aliphatic heterocycles. The highest BCUT2D eigenvalue weighted by molar-refractivity contribution is 5.79. The number of piperidine rings is 1. The first-order valence-corrected chi connectivity index (χ1v) is 9.50. The average molecular weight is 381 g/mol. The fourth-order valence-corrected chi connectivity index (χ4v) is 3.75. The molecule has 1 amide bonds. The Morgan fingerprint density at radius 2 is 2.29 bits per heavy atom. The summed E-state index contributed by atoms with van der Waals surface area (Å²) in [5.74, 6) is 1.16. The fraction of sp³-hybridized carbons (Fsp3) is 0.421. The predicted octanol–water partition coefficient (Wildman–Crippen LogP) is 2.14. The Kier molecular flexibility index (Phi) is 4.81. The van der Waals surface area contributed by atoms with E-state index in [2.05, 4.69) is 25.5 Å². The SMILES string of the molecule is CCC(=O)N1CCC[C@@H](n2c(=O)cc(C)c3cnc(Nc4ccn[nH]4)nc32)C1. The van der Waals surface area contributed by atoms with Crippen molar-refractivity contribution < 1.29 is 4.79 Å². The molecule has 4 rings (SSSR count). The number of nitrogens with zero attached hydrogens (tertiary/aromatic N) is 5. The van der Waals surface area contributed by atoms with Crippen LogP contribution in [-0.2, 0) is 4.79 Å². The molecule has 1 atom stereocenters. The first-order chi connectivity index (χ1) is 13.6. The zero-order valence-corrected chi connectivity index (χ0v) is 16.0. The van der Waals surface area contributed by atoms with Gasteiger partial charge in [-0.1, -0.05) is 6.92 Å². The lowest BCUT2D eigenvalue weighted by Crippen LogP contribution is -2.42. The summed E-state index contributed by atoms with van der Waals surface area (Å²) in [5, 5.41) is 10.6. The van der Waals surface area contributed by atoms with Crippen molar-refractivity contribution in [1.29, 1.82) is 0 Å². The van der Waals surface area contributed by atoms with Crippen LogP contribution in [0.4, 0.5) is 11.8 Å². The van der Waals surface area contributed by atoms with Crippen LogP contribution in [0, 0.1) is 6.92 Å². The molecular formula is C19H23N7O2. The molecular weight excluding hydrogens is 358 g/mol. The quantitative estimate of drug-likeness (QED) is 0.717. The van der Waals surface area contributed by atoms with Gasteiger partial charge in [0.05, 0.1) is 12.2 Å². The van der Waals surface area contributed by atoms with Crippen molar-refractivity contribution in [2.75, 3.05) is 18.4 Å². The maximum Gasteiger partial charge on any atom is 0.252 e. The van der Waals surface area contributed by atoms with Crippen LogP contribution in [0.2, 0.25) is 0 Å². The molecule has 0 unspecified atom stereocenters. The van der Waals surface area contributed by atoms with Gasteiger partial charge in [-0.3, -0.25) is 19.3 Å². The molecule has 0 saturated carbocycles. The molecule has 0 aromatic carbocycles. The zero-order valence-electron chi connectivity index (χ0n) is 16.0. The highest BCUT2D eigenvalue weighted by Crippen LogP contribution is 2.25. The monoisotopic (exact) mass is 381 g/mol. The van der Waals surface area contributed by atoms with Crippen molar-refractivity contribution in [3.63, 3.8) is 0 Å². The van der Waals surface area contributed by atoms with E-state index in [1.54, 1.807) is 29.1 Å². The van der Waals surface area contributed by atoms with E-state index in [1.807, 2.05) is 18.7 Å².